The van der Waals surface area contributed by atoms with Crippen molar-refractivity contribution in [2.45, 2.75) is 0 Å². The molecule has 166 valence electrons. The Bertz CT molecular complexity index is 1090. The fourth-order valence-electron chi connectivity index (χ4n) is 3.75. The average molecular weight is 447 g/mol. The second-order valence-corrected chi connectivity index (χ2v) is 9.63. The number of hydrogen-bond donors (Lipinski definition) is 0. The highest BCUT2D eigenvalue weighted by Gasteiger charge is 2.35. The lowest BCUT2D eigenvalue weighted by Gasteiger charge is -2.39. The summed E-state index contributed by atoms with van der Waals surface area (Å²) in [5.41, 5.74) is 0.398. The summed E-state index contributed by atoms with van der Waals surface area (Å²) >= 11 is 0. The van der Waals surface area contributed by atoms with Gasteiger partial charge < -0.3 is 9.80 Å². The summed E-state index contributed by atoms with van der Waals surface area (Å²) in [6.07, 6.45) is 0. The molecule has 3 heterocycles. The fourth-order valence-corrected chi connectivity index (χ4v) is 5.32. The largest absolute Gasteiger partial charge is 0.335 e. The Morgan fingerprint density at radius 1 is 0.839 bits per heavy atom. The number of nitrogens with zero attached hydrogens (tertiary/aromatic N) is 6. The normalized spacial score (nSPS) is 19.5. The van der Waals surface area contributed by atoms with Crippen molar-refractivity contribution in [3.8, 4) is 5.69 Å². The maximum Gasteiger partial charge on any atom is 0.282 e. The Hall–Kier alpha value is -2.60. The third-order valence-corrected chi connectivity index (χ3v) is 7.70. The van der Waals surface area contributed by atoms with Gasteiger partial charge in [0.2, 0.25) is 0 Å². The monoisotopic (exact) mass is 446 g/mol. The van der Waals surface area contributed by atoms with Crippen LogP contribution in [0.5, 0.6) is 0 Å². The summed E-state index contributed by atoms with van der Waals surface area (Å²) in [6, 6.07) is 11.6. The molecule has 11 heteroatoms. The Morgan fingerprint density at radius 2 is 1.42 bits per heavy atom. The Morgan fingerprint density at radius 3 is 2.03 bits per heavy atom. The standard InChI is InChI=1S/C20H26N6O4S/c1-22-9-13-24(14-10-22)31(29,30)25-15-11-23(12-16-25)20(28)18-7-8-19(27)26(21-18)17-5-3-2-4-6-17/h2-8H,9-16H2,1H3. The molecule has 2 aliphatic rings. The molecule has 1 aromatic carbocycles. The fraction of sp³-hybridized carbons (Fsp3) is 0.450. The molecule has 2 fully saturated rings. The van der Waals surface area contributed by atoms with Gasteiger partial charge in [-0.15, -0.1) is 0 Å². The number of carbonyl (C=O) groups is 1. The number of para-hydroxylation sites is 1. The van der Waals surface area contributed by atoms with Crippen LogP contribution in [0.3, 0.4) is 0 Å². The predicted octanol–water partition coefficient (Wildman–Crippen LogP) is -0.517. The summed E-state index contributed by atoms with van der Waals surface area (Å²) in [7, 11) is -1.55. The van der Waals surface area contributed by atoms with Crippen LogP contribution in [-0.4, -0.2) is 102 Å². The van der Waals surface area contributed by atoms with Gasteiger partial charge in [-0.25, -0.2) is 0 Å². The number of piperazine rings is 2. The molecule has 0 saturated carbocycles. The van der Waals surface area contributed by atoms with Gasteiger partial charge in [0.15, 0.2) is 0 Å². The second kappa shape index (κ2) is 8.87. The van der Waals surface area contributed by atoms with Crippen LogP contribution >= 0.6 is 0 Å². The molecule has 2 saturated heterocycles. The van der Waals surface area contributed by atoms with E-state index in [0.29, 0.717) is 31.9 Å². The van der Waals surface area contributed by atoms with Gasteiger partial charge in [0.05, 0.1) is 5.69 Å². The molecule has 2 aliphatic heterocycles. The van der Waals surface area contributed by atoms with Crippen molar-refractivity contribution in [3.63, 3.8) is 0 Å². The summed E-state index contributed by atoms with van der Waals surface area (Å²) in [4.78, 5) is 28.8. The van der Waals surface area contributed by atoms with Gasteiger partial charge in [-0.3, -0.25) is 9.59 Å². The predicted molar refractivity (Wildman–Crippen MR) is 115 cm³/mol. The molecule has 0 N–H and O–H groups in total. The lowest BCUT2D eigenvalue weighted by atomic mass is 10.3. The number of benzene rings is 1. The van der Waals surface area contributed by atoms with Crippen LogP contribution in [0.2, 0.25) is 0 Å². The van der Waals surface area contributed by atoms with Crippen LogP contribution in [0.4, 0.5) is 0 Å². The summed E-state index contributed by atoms with van der Waals surface area (Å²) in [5, 5.41) is 4.23. The van der Waals surface area contributed by atoms with Crippen molar-refractivity contribution in [1.29, 1.82) is 0 Å². The third-order valence-electron chi connectivity index (χ3n) is 5.66. The molecule has 31 heavy (non-hydrogen) atoms. The maximum absolute atomic E-state index is 13.0. The van der Waals surface area contributed by atoms with Gasteiger partial charge in [0.1, 0.15) is 5.69 Å². The third kappa shape index (κ3) is 4.54. The molecular formula is C20H26N6O4S. The van der Waals surface area contributed by atoms with Gasteiger partial charge in [0.25, 0.3) is 21.7 Å². The van der Waals surface area contributed by atoms with E-state index in [4.69, 9.17) is 0 Å². The summed E-state index contributed by atoms with van der Waals surface area (Å²) in [5.74, 6) is -0.318. The molecule has 0 spiro atoms. The van der Waals surface area contributed by atoms with Crippen LogP contribution in [0.15, 0.2) is 47.3 Å². The van der Waals surface area contributed by atoms with Crippen molar-refractivity contribution in [1.82, 2.24) is 28.2 Å². The van der Waals surface area contributed by atoms with E-state index in [-0.39, 0.29) is 43.3 Å². The molecule has 2 aromatic rings. The molecule has 0 aliphatic carbocycles. The zero-order valence-corrected chi connectivity index (χ0v) is 18.2. The quantitative estimate of drug-likeness (QED) is 0.627. The first-order valence-corrected chi connectivity index (χ1v) is 11.6. The lowest BCUT2D eigenvalue weighted by Crippen LogP contribution is -2.57. The van der Waals surface area contributed by atoms with Crippen LogP contribution in [0, 0.1) is 0 Å². The molecular weight excluding hydrogens is 420 g/mol. The molecule has 0 atom stereocenters. The highest BCUT2D eigenvalue weighted by molar-refractivity contribution is 7.86. The number of likely N-dealkylation sites (N-methyl/N-ethyl adjacent to an activating group) is 1. The van der Waals surface area contributed by atoms with E-state index in [1.807, 2.05) is 13.1 Å². The Labute approximate surface area is 181 Å². The first-order chi connectivity index (χ1) is 14.9. The van der Waals surface area contributed by atoms with E-state index in [0.717, 1.165) is 0 Å². The SMILES string of the molecule is CN1CCN(S(=O)(=O)N2CCN(C(=O)c3ccc(=O)n(-c4ccccc4)n3)CC2)CC1. The molecule has 10 nitrogen and oxygen atoms in total. The Kier molecular flexibility index (Phi) is 6.19. The number of hydrogen-bond acceptors (Lipinski definition) is 6. The molecule has 4 rings (SSSR count). The van der Waals surface area contributed by atoms with Crippen molar-refractivity contribution in [2.24, 2.45) is 0 Å². The van der Waals surface area contributed by atoms with Crippen LogP contribution < -0.4 is 5.56 Å². The summed E-state index contributed by atoms with van der Waals surface area (Å²) < 4.78 is 30.0. The van der Waals surface area contributed by atoms with Crippen LogP contribution in [0.1, 0.15) is 10.5 Å². The smallest absolute Gasteiger partial charge is 0.282 e. The van der Waals surface area contributed by atoms with Gasteiger partial charge >= 0.3 is 0 Å². The minimum atomic E-state index is -3.53. The second-order valence-electron chi connectivity index (χ2n) is 7.71. The van der Waals surface area contributed by atoms with Crippen molar-refractivity contribution >= 4 is 16.1 Å². The maximum atomic E-state index is 13.0. The minimum absolute atomic E-state index is 0.152. The van der Waals surface area contributed by atoms with E-state index in [9.17, 15) is 18.0 Å². The van der Waals surface area contributed by atoms with Gasteiger partial charge in [-0.05, 0) is 25.2 Å². The zero-order valence-electron chi connectivity index (χ0n) is 17.4. The lowest BCUT2D eigenvalue weighted by molar-refractivity contribution is 0.0684. The van der Waals surface area contributed by atoms with E-state index >= 15 is 0 Å². The zero-order chi connectivity index (χ0) is 22.0. The summed E-state index contributed by atoms with van der Waals surface area (Å²) in [6.45, 7) is 3.39. The van der Waals surface area contributed by atoms with E-state index in [1.165, 1.54) is 25.4 Å². The number of amides is 1. The van der Waals surface area contributed by atoms with Crippen molar-refractivity contribution in [3.05, 3.63) is 58.5 Å². The number of aromatic nitrogens is 2. The molecule has 1 amide bonds. The van der Waals surface area contributed by atoms with Crippen molar-refractivity contribution in [2.75, 3.05) is 59.4 Å². The average Bonchev–Trinajstić information content (AvgIpc) is 2.80. The highest BCUT2D eigenvalue weighted by atomic mass is 32.2. The minimum Gasteiger partial charge on any atom is -0.335 e. The Balaban J connectivity index is 1.44. The highest BCUT2D eigenvalue weighted by Crippen LogP contribution is 2.15. The topological polar surface area (TPSA) is 99.1 Å². The number of carbonyl (C=O) groups excluding carboxylic acids is 1. The van der Waals surface area contributed by atoms with Crippen LogP contribution in [-0.2, 0) is 10.2 Å². The molecule has 1 aromatic heterocycles. The molecule has 0 radical (unpaired) electrons. The van der Waals surface area contributed by atoms with Gasteiger partial charge in [0, 0.05) is 58.4 Å². The van der Waals surface area contributed by atoms with E-state index < -0.39 is 10.2 Å². The van der Waals surface area contributed by atoms with Gasteiger partial charge in [-0.2, -0.15) is 26.8 Å². The van der Waals surface area contributed by atoms with E-state index in [1.54, 1.807) is 29.2 Å². The number of rotatable bonds is 4. The first kappa shape index (κ1) is 21.6. The first-order valence-electron chi connectivity index (χ1n) is 10.2. The van der Waals surface area contributed by atoms with E-state index in [2.05, 4.69) is 10.00 Å². The van der Waals surface area contributed by atoms with Crippen molar-refractivity contribution < 1.29 is 13.2 Å². The molecule has 0 bridgehead atoms. The molecule has 0 unspecified atom stereocenters. The van der Waals surface area contributed by atoms with Gasteiger partial charge in [-0.1, -0.05) is 18.2 Å². The van der Waals surface area contributed by atoms with Crippen LogP contribution in [0.25, 0.3) is 5.69 Å².